The van der Waals surface area contributed by atoms with Crippen LogP contribution in [-0.2, 0) is 0 Å². The van der Waals surface area contributed by atoms with Crippen LogP contribution in [0.1, 0.15) is 74.0 Å². The maximum Gasteiger partial charge on any atom is 0.254 e. The Morgan fingerprint density at radius 3 is 2.65 bits per heavy atom. The van der Waals surface area contributed by atoms with Crippen LogP contribution < -0.4 is 11.5 Å². The number of carbonyl (C=O) groups is 1. The van der Waals surface area contributed by atoms with Gasteiger partial charge in [-0.15, -0.1) is 0 Å². The van der Waals surface area contributed by atoms with Gasteiger partial charge in [-0.2, -0.15) is 5.10 Å². The molecule has 0 atom stereocenters. The summed E-state index contributed by atoms with van der Waals surface area (Å²) in [6.07, 6.45) is 5.92. The molecule has 124 valence electrons. The summed E-state index contributed by atoms with van der Waals surface area (Å²) in [5, 5.41) is 8.53. The van der Waals surface area contributed by atoms with Crippen molar-refractivity contribution in [2.24, 2.45) is 5.73 Å². The van der Waals surface area contributed by atoms with Crippen LogP contribution in [0.25, 0.3) is 11.4 Å². The van der Waals surface area contributed by atoms with Crippen LogP contribution in [0.4, 0.5) is 5.82 Å². The van der Waals surface area contributed by atoms with E-state index >= 15 is 0 Å². The molecule has 2 aromatic rings. The molecule has 3 rings (SSSR count). The SMILES string of the molecule is CC(C)n1nc(-c2cc(C3CCCCC3)on2)c(C(N)=O)c1N. The number of hydrogen-bond acceptors (Lipinski definition) is 5. The van der Waals surface area contributed by atoms with Crippen molar-refractivity contribution in [3.63, 3.8) is 0 Å². The Kier molecular flexibility index (Phi) is 4.11. The minimum absolute atomic E-state index is 0.0200. The number of carbonyl (C=O) groups excluding carboxylic acids is 1. The van der Waals surface area contributed by atoms with Gasteiger partial charge in [0.05, 0.1) is 0 Å². The molecule has 0 aliphatic heterocycles. The maximum atomic E-state index is 11.8. The van der Waals surface area contributed by atoms with Gasteiger partial charge in [0.1, 0.15) is 28.5 Å². The summed E-state index contributed by atoms with van der Waals surface area (Å²) in [6.45, 7) is 3.88. The summed E-state index contributed by atoms with van der Waals surface area (Å²) in [5.74, 6) is 0.913. The van der Waals surface area contributed by atoms with Gasteiger partial charge in [-0.1, -0.05) is 24.4 Å². The van der Waals surface area contributed by atoms with E-state index in [2.05, 4.69) is 10.3 Å². The summed E-state index contributed by atoms with van der Waals surface area (Å²) in [6, 6.07) is 1.89. The Morgan fingerprint density at radius 1 is 1.35 bits per heavy atom. The van der Waals surface area contributed by atoms with Crippen molar-refractivity contribution in [1.29, 1.82) is 0 Å². The van der Waals surface area contributed by atoms with E-state index in [1.807, 2.05) is 19.9 Å². The van der Waals surface area contributed by atoms with Crippen molar-refractivity contribution in [1.82, 2.24) is 14.9 Å². The molecule has 1 fully saturated rings. The van der Waals surface area contributed by atoms with Crippen LogP contribution in [0, 0.1) is 0 Å². The van der Waals surface area contributed by atoms with Gasteiger partial charge in [0.2, 0.25) is 0 Å². The Morgan fingerprint density at radius 2 is 2.04 bits per heavy atom. The average Bonchev–Trinajstić information content (AvgIpc) is 3.12. The van der Waals surface area contributed by atoms with E-state index in [-0.39, 0.29) is 17.4 Å². The number of aromatic nitrogens is 3. The van der Waals surface area contributed by atoms with E-state index < -0.39 is 5.91 Å². The molecule has 1 saturated carbocycles. The first-order valence-corrected chi connectivity index (χ1v) is 8.13. The van der Waals surface area contributed by atoms with Crippen LogP contribution in [-0.4, -0.2) is 20.8 Å². The summed E-state index contributed by atoms with van der Waals surface area (Å²) in [5.41, 5.74) is 12.6. The van der Waals surface area contributed by atoms with Gasteiger partial charge in [-0.05, 0) is 26.7 Å². The van der Waals surface area contributed by atoms with Crippen molar-refractivity contribution in [3.05, 3.63) is 17.4 Å². The van der Waals surface area contributed by atoms with Crippen LogP contribution in [0.5, 0.6) is 0 Å². The lowest BCUT2D eigenvalue weighted by molar-refractivity contribution is 0.100. The minimum Gasteiger partial charge on any atom is -0.383 e. The van der Waals surface area contributed by atoms with Crippen LogP contribution >= 0.6 is 0 Å². The molecule has 2 aromatic heterocycles. The number of hydrogen-bond donors (Lipinski definition) is 2. The fourth-order valence-electron chi connectivity index (χ4n) is 3.24. The van der Waals surface area contributed by atoms with Crippen molar-refractivity contribution in [3.8, 4) is 11.4 Å². The van der Waals surface area contributed by atoms with Crippen molar-refractivity contribution in [2.75, 3.05) is 5.73 Å². The van der Waals surface area contributed by atoms with Gasteiger partial charge in [0.25, 0.3) is 5.91 Å². The monoisotopic (exact) mass is 317 g/mol. The van der Waals surface area contributed by atoms with Crippen LogP contribution in [0.15, 0.2) is 10.6 Å². The van der Waals surface area contributed by atoms with Gasteiger partial charge in [-0.3, -0.25) is 4.79 Å². The predicted molar refractivity (Wildman–Crippen MR) is 86.9 cm³/mol. The number of rotatable bonds is 4. The highest BCUT2D eigenvalue weighted by Gasteiger charge is 2.26. The Hall–Kier alpha value is -2.31. The smallest absolute Gasteiger partial charge is 0.254 e. The molecule has 1 aliphatic rings. The molecule has 1 amide bonds. The predicted octanol–water partition coefficient (Wildman–Crippen LogP) is 2.85. The number of amides is 1. The molecule has 0 aromatic carbocycles. The fraction of sp³-hybridized carbons (Fsp3) is 0.562. The maximum absolute atomic E-state index is 11.8. The lowest BCUT2D eigenvalue weighted by Gasteiger charge is -2.18. The highest BCUT2D eigenvalue weighted by atomic mass is 16.5. The van der Waals surface area contributed by atoms with E-state index in [0.29, 0.717) is 17.3 Å². The minimum atomic E-state index is -0.605. The molecule has 0 saturated heterocycles. The number of anilines is 1. The second kappa shape index (κ2) is 6.06. The summed E-state index contributed by atoms with van der Waals surface area (Å²) < 4.78 is 7.10. The third-order valence-corrected chi connectivity index (χ3v) is 4.46. The van der Waals surface area contributed by atoms with E-state index in [9.17, 15) is 4.79 Å². The number of nitrogen functional groups attached to an aromatic ring is 1. The second-order valence-corrected chi connectivity index (χ2v) is 6.46. The first kappa shape index (κ1) is 15.6. The summed E-state index contributed by atoms with van der Waals surface area (Å²) >= 11 is 0. The normalized spacial score (nSPS) is 16.1. The Labute approximate surface area is 135 Å². The Balaban J connectivity index is 2.00. The highest BCUT2D eigenvalue weighted by molar-refractivity contribution is 6.02. The average molecular weight is 317 g/mol. The number of primary amides is 1. The largest absolute Gasteiger partial charge is 0.383 e. The van der Waals surface area contributed by atoms with E-state index in [1.165, 1.54) is 19.3 Å². The van der Waals surface area contributed by atoms with Crippen molar-refractivity contribution in [2.45, 2.75) is 57.9 Å². The second-order valence-electron chi connectivity index (χ2n) is 6.46. The summed E-state index contributed by atoms with van der Waals surface area (Å²) in [4.78, 5) is 11.8. The van der Waals surface area contributed by atoms with E-state index in [0.717, 1.165) is 18.6 Å². The lowest BCUT2D eigenvalue weighted by atomic mass is 9.87. The molecule has 4 N–H and O–H groups in total. The zero-order valence-corrected chi connectivity index (χ0v) is 13.6. The van der Waals surface area contributed by atoms with Gasteiger partial charge >= 0.3 is 0 Å². The third kappa shape index (κ3) is 2.83. The standard InChI is InChI=1S/C16H23N5O2/c1-9(2)21-15(17)13(16(18)22)14(19-21)11-8-12(23-20-11)10-6-4-3-5-7-10/h8-10H,3-7,17H2,1-2H3,(H2,18,22). The quantitative estimate of drug-likeness (QED) is 0.900. The van der Waals surface area contributed by atoms with Gasteiger partial charge in [0.15, 0.2) is 0 Å². The first-order valence-electron chi connectivity index (χ1n) is 8.13. The molecule has 0 radical (unpaired) electrons. The molecule has 0 bridgehead atoms. The fourth-order valence-corrected chi connectivity index (χ4v) is 3.24. The van der Waals surface area contributed by atoms with Crippen LogP contribution in [0.3, 0.4) is 0 Å². The third-order valence-electron chi connectivity index (χ3n) is 4.46. The molecular formula is C16H23N5O2. The molecular weight excluding hydrogens is 294 g/mol. The van der Waals surface area contributed by atoms with Gasteiger partial charge in [0, 0.05) is 18.0 Å². The van der Waals surface area contributed by atoms with E-state index in [1.54, 1.807) is 4.68 Å². The molecule has 1 aliphatic carbocycles. The molecule has 2 heterocycles. The molecule has 0 spiro atoms. The first-order chi connectivity index (χ1) is 11.0. The molecule has 0 unspecified atom stereocenters. The molecule has 7 heteroatoms. The van der Waals surface area contributed by atoms with Crippen LogP contribution in [0.2, 0.25) is 0 Å². The zero-order valence-electron chi connectivity index (χ0n) is 13.6. The zero-order chi connectivity index (χ0) is 16.6. The highest BCUT2D eigenvalue weighted by Crippen LogP contribution is 2.35. The summed E-state index contributed by atoms with van der Waals surface area (Å²) in [7, 11) is 0. The Bertz CT molecular complexity index is 710. The van der Waals surface area contributed by atoms with Gasteiger partial charge < -0.3 is 16.0 Å². The topological polar surface area (TPSA) is 113 Å². The van der Waals surface area contributed by atoms with E-state index in [4.69, 9.17) is 16.0 Å². The number of nitrogens with two attached hydrogens (primary N) is 2. The van der Waals surface area contributed by atoms with Crippen molar-refractivity contribution < 1.29 is 9.32 Å². The number of nitrogens with zero attached hydrogens (tertiary/aromatic N) is 3. The van der Waals surface area contributed by atoms with Gasteiger partial charge in [-0.25, -0.2) is 4.68 Å². The molecule has 23 heavy (non-hydrogen) atoms. The molecule has 7 nitrogen and oxygen atoms in total. The van der Waals surface area contributed by atoms with Crippen molar-refractivity contribution >= 4 is 11.7 Å². The lowest BCUT2D eigenvalue weighted by Crippen LogP contribution is -2.15.